The van der Waals surface area contributed by atoms with Gasteiger partial charge in [0, 0.05) is 18.8 Å². The topological polar surface area (TPSA) is 71.2 Å². The van der Waals surface area contributed by atoms with Gasteiger partial charge in [-0.25, -0.2) is 10.8 Å². The number of nitrogens with zero attached hydrogens (tertiary/aromatic N) is 2. The van der Waals surface area contributed by atoms with Crippen molar-refractivity contribution in [1.82, 2.24) is 9.88 Å². The van der Waals surface area contributed by atoms with Crippen LogP contribution in [0.15, 0.2) is 35.2 Å². The molecule has 0 radical (unpaired) electrons. The van der Waals surface area contributed by atoms with Gasteiger partial charge in [-0.05, 0) is 47.4 Å². The summed E-state index contributed by atoms with van der Waals surface area (Å²) >= 11 is 1.65. The van der Waals surface area contributed by atoms with E-state index in [4.69, 9.17) is 5.84 Å². The summed E-state index contributed by atoms with van der Waals surface area (Å²) in [5, 5.41) is 4.12. The molecule has 1 aliphatic rings. The summed E-state index contributed by atoms with van der Waals surface area (Å²) in [6, 6.07) is 5.90. The molecule has 0 aromatic carbocycles. The Labute approximate surface area is 121 Å². The molecule has 0 atom stereocenters. The van der Waals surface area contributed by atoms with Crippen molar-refractivity contribution >= 4 is 23.1 Å². The lowest BCUT2D eigenvalue weighted by molar-refractivity contribution is 0.0729. The Morgan fingerprint density at radius 2 is 2.30 bits per heavy atom. The van der Waals surface area contributed by atoms with Crippen LogP contribution >= 0.6 is 11.3 Å². The Kier molecular flexibility index (Phi) is 3.66. The number of amides is 1. The van der Waals surface area contributed by atoms with Crippen molar-refractivity contribution in [2.45, 2.75) is 25.4 Å². The van der Waals surface area contributed by atoms with Crippen molar-refractivity contribution in [1.29, 1.82) is 0 Å². The van der Waals surface area contributed by atoms with Gasteiger partial charge in [0.2, 0.25) is 0 Å². The normalized spacial score (nSPS) is 14.1. The number of carbonyl (C=O) groups is 1. The molecule has 1 amide bonds. The van der Waals surface area contributed by atoms with Crippen LogP contribution in [-0.4, -0.2) is 21.8 Å². The zero-order valence-electron chi connectivity index (χ0n) is 11.0. The summed E-state index contributed by atoms with van der Waals surface area (Å²) < 4.78 is 0. The maximum absolute atomic E-state index is 12.6. The molecule has 2 heterocycles. The number of anilines is 1. The standard InChI is InChI=1S/C14H16N4OS/c15-17-13-4-1-11(7-16-13)14(19)18(12-2-3-12)8-10-5-6-20-9-10/h1,4-7,9,12H,2-3,8,15H2,(H,16,17). The second kappa shape index (κ2) is 5.60. The van der Waals surface area contributed by atoms with Crippen LogP contribution in [-0.2, 0) is 6.54 Å². The van der Waals surface area contributed by atoms with E-state index in [2.05, 4.69) is 21.9 Å². The SMILES string of the molecule is NNc1ccc(C(=O)N(Cc2ccsc2)C2CC2)cn1. The molecule has 3 rings (SSSR count). The zero-order chi connectivity index (χ0) is 13.9. The highest BCUT2D eigenvalue weighted by atomic mass is 32.1. The second-order valence-electron chi connectivity index (χ2n) is 4.87. The van der Waals surface area contributed by atoms with Crippen molar-refractivity contribution in [2.75, 3.05) is 5.43 Å². The third kappa shape index (κ3) is 2.81. The molecule has 20 heavy (non-hydrogen) atoms. The summed E-state index contributed by atoms with van der Waals surface area (Å²) in [7, 11) is 0. The molecule has 6 heteroatoms. The van der Waals surface area contributed by atoms with Gasteiger partial charge in [0.15, 0.2) is 0 Å². The maximum Gasteiger partial charge on any atom is 0.255 e. The van der Waals surface area contributed by atoms with Gasteiger partial charge >= 0.3 is 0 Å². The van der Waals surface area contributed by atoms with Crippen LogP contribution in [0.1, 0.15) is 28.8 Å². The molecule has 0 bridgehead atoms. The van der Waals surface area contributed by atoms with Crippen LogP contribution in [0.2, 0.25) is 0 Å². The fourth-order valence-corrected chi connectivity index (χ4v) is 2.76. The first-order valence-corrected chi connectivity index (χ1v) is 7.47. The van der Waals surface area contributed by atoms with Crippen LogP contribution < -0.4 is 11.3 Å². The number of aromatic nitrogens is 1. The van der Waals surface area contributed by atoms with Crippen molar-refractivity contribution in [2.24, 2.45) is 5.84 Å². The molecule has 0 spiro atoms. The number of hydrogen-bond donors (Lipinski definition) is 2. The number of hydrogen-bond acceptors (Lipinski definition) is 5. The highest BCUT2D eigenvalue weighted by molar-refractivity contribution is 7.07. The number of hydrazine groups is 1. The number of thiophene rings is 1. The fraction of sp³-hybridized carbons (Fsp3) is 0.286. The number of pyridine rings is 1. The van der Waals surface area contributed by atoms with E-state index in [9.17, 15) is 4.79 Å². The van der Waals surface area contributed by atoms with E-state index in [1.54, 1.807) is 29.7 Å². The van der Waals surface area contributed by atoms with Gasteiger partial charge in [0.1, 0.15) is 5.82 Å². The lowest BCUT2D eigenvalue weighted by Gasteiger charge is -2.22. The average Bonchev–Trinajstić information content (AvgIpc) is 3.21. The average molecular weight is 288 g/mol. The van der Waals surface area contributed by atoms with Crippen LogP contribution in [0.4, 0.5) is 5.82 Å². The molecule has 0 unspecified atom stereocenters. The fourth-order valence-electron chi connectivity index (χ4n) is 2.10. The molecule has 0 aliphatic heterocycles. The van der Waals surface area contributed by atoms with Crippen LogP contribution in [0.5, 0.6) is 0 Å². The lowest BCUT2D eigenvalue weighted by atomic mass is 10.2. The van der Waals surface area contributed by atoms with Gasteiger partial charge in [-0.3, -0.25) is 4.79 Å². The van der Waals surface area contributed by atoms with Crippen LogP contribution in [0.25, 0.3) is 0 Å². The zero-order valence-corrected chi connectivity index (χ0v) is 11.8. The van der Waals surface area contributed by atoms with Gasteiger partial charge in [-0.15, -0.1) is 0 Å². The van der Waals surface area contributed by atoms with Crippen LogP contribution in [0, 0.1) is 0 Å². The number of carbonyl (C=O) groups excluding carboxylic acids is 1. The first-order chi connectivity index (χ1) is 9.78. The second-order valence-corrected chi connectivity index (χ2v) is 5.65. The van der Waals surface area contributed by atoms with E-state index in [-0.39, 0.29) is 5.91 Å². The molecule has 2 aromatic heterocycles. The summed E-state index contributed by atoms with van der Waals surface area (Å²) in [5.41, 5.74) is 4.25. The number of nitrogens with one attached hydrogen (secondary N) is 1. The molecule has 3 N–H and O–H groups in total. The van der Waals surface area contributed by atoms with Crippen molar-refractivity contribution in [3.05, 3.63) is 46.3 Å². The van der Waals surface area contributed by atoms with Gasteiger partial charge < -0.3 is 10.3 Å². The highest BCUT2D eigenvalue weighted by Crippen LogP contribution is 2.30. The minimum Gasteiger partial charge on any atom is -0.331 e. The summed E-state index contributed by atoms with van der Waals surface area (Å²) in [4.78, 5) is 18.6. The van der Waals surface area contributed by atoms with E-state index in [1.807, 2.05) is 10.3 Å². The number of nitrogen functional groups attached to an aromatic ring is 1. The van der Waals surface area contributed by atoms with E-state index >= 15 is 0 Å². The van der Waals surface area contributed by atoms with Gasteiger partial charge in [-0.1, -0.05) is 0 Å². The van der Waals surface area contributed by atoms with Gasteiger partial charge in [0.05, 0.1) is 5.56 Å². The van der Waals surface area contributed by atoms with Crippen LogP contribution in [0.3, 0.4) is 0 Å². The summed E-state index contributed by atoms with van der Waals surface area (Å²) in [6.45, 7) is 0.671. The predicted octanol–water partition coefficient (Wildman–Crippen LogP) is 2.23. The Balaban J connectivity index is 1.77. The molecule has 1 fully saturated rings. The summed E-state index contributed by atoms with van der Waals surface area (Å²) in [6.07, 6.45) is 3.75. The first kappa shape index (κ1) is 13.1. The number of rotatable bonds is 5. The quantitative estimate of drug-likeness (QED) is 0.654. The first-order valence-electron chi connectivity index (χ1n) is 6.52. The molecular weight excluding hydrogens is 272 g/mol. The minimum atomic E-state index is 0.0368. The Bertz CT molecular complexity index is 578. The Morgan fingerprint density at radius 1 is 1.45 bits per heavy atom. The lowest BCUT2D eigenvalue weighted by Crippen LogP contribution is -2.32. The molecule has 2 aromatic rings. The van der Waals surface area contributed by atoms with E-state index < -0.39 is 0 Å². The van der Waals surface area contributed by atoms with Gasteiger partial charge in [0.25, 0.3) is 5.91 Å². The minimum absolute atomic E-state index is 0.0368. The Hall–Kier alpha value is -1.92. The van der Waals surface area contributed by atoms with Crippen molar-refractivity contribution in [3.63, 3.8) is 0 Å². The molecule has 0 saturated heterocycles. The Morgan fingerprint density at radius 3 is 2.85 bits per heavy atom. The van der Waals surface area contributed by atoms with Gasteiger partial charge in [-0.2, -0.15) is 11.3 Å². The molecular formula is C14H16N4OS. The van der Waals surface area contributed by atoms with E-state index in [1.165, 1.54) is 5.56 Å². The number of nitrogens with two attached hydrogens (primary N) is 1. The largest absolute Gasteiger partial charge is 0.331 e. The molecule has 5 nitrogen and oxygen atoms in total. The maximum atomic E-state index is 12.6. The van der Waals surface area contributed by atoms with Crippen molar-refractivity contribution in [3.8, 4) is 0 Å². The predicted molar refractivity (Wildman–Crippen MR) is 79.3 cm³/mol. The summed E-state index contributed by atoms with van der Waals surface area (Å²) in [5.74, 6) is 5.87. The van der Waals surface area contributed by atoms with E-state index in [0.29, 0.717) is 24.0 Å². The third-order valence-electron chi connectivity index (χ3n) is 3.34. The smallest absolute Gasteiger partial charge is 0.255 e. The monoisotopic (exact) mass is 288 g/mol. The third-order valence-corrected chi connectivity index (χ3v) is 4.07. The van der Waals surface area contributed by atoms with Crippen molar-refractivity contribution < 1.29 is 4.79 Å². The highest BCUT2D eigenvalue weighted by Gasteiger charge is 2.33. The molecule has 1 aliphatic carbocycles. The molecule has 104 valence electrons. The molecule has 1 saturated carbocycles. The van der Waals surface area contributed by atoms with E-state index in [0.717, 1.165) is 12.8 Å².